The molecular weight excluding hydrogens is 254 g/mol. The van der Waals surface area contributed by atoms with Crippen molar-refractivity contribution < 1.29 is 9.47 Å². The van der Waals surface area contributed by atoms with Gasteiger partial charge in [-0.05, 0) is 38.0 Å². The van der Waals surface area contributed by atoms with E-state index in [1.54, 1.807) is 7.11 Å². The molecule has 0 aliphatic heterocycles. The van der Waals surface area contributed by atoms with Crippen LogP contribution in [0.15, 0.2) is 6.33 Å². The molecule has 112 valence electrons. The predicted molar refractivity (Wildman–Crippen MR) is 79.4 cm³/mol. The highest BCUT2D eigenvalue weighted by atomic mass is 16.5. The highest BCUT2D eigenvalue weighted by molar-refractivity contribution is 5.54. The highest BCUT2D eigenvalue weighted by Crippen LogP contribution is 2.38. The summed E-state index contributed by atoms with van der Waals surface area (Å²) in [4.78, 5) is 8.41. The van der Waals surface area contributed by atoms with E-state index in [4.69, 9.17) is 9.47 Å². The maximum absolute atomic E-state index is 6.04. The molecule has 2 rings (SSSR count). The third-order valence-corrected chi connectivity index (χ3v) is 3.88. The molecule has 1 N–H and O–H groups in total. The summed E-state index contributed by atoms with van der Waals surface area (Å²) < 4.78 is 11.4. The Bertz CT molecular complexity index is 439. The van der Waals surface area contributed by atoms with Gasteiger partial charge in [0, 0.05) is 6.54 Å². The summed E-state index contributed by atoms with van der Waals surface area (Å²) in [7, 11) is 1.62. The molecule has 0 bridgehead atoms. The Morgan fingerprint density at radius 1 is 1.30 bits per heavy atom. The lowest BCUT2D eigenvalue weighted by atomic mass is 9.76. The van der Waals surface area contributed by atoms with Crippen LogP contribution in [-0.2, 0) is 0 Å². The van der Waals surface area contributed by atoms with Gasteiger partial charge in [-0.3, -0.25) is 0 Å². The SMILES string of the molecule is CCNc1ncnc(OC2CCC(C)(C)CC2)c1OC. The van der Waals surface area contributed by atoms with Crippen LogP contribution in [0.1, 0.15) is 46.5 Å². The number of methoxy groups -OCH3 is 1. The van der Waals surface area contributed by atoms with Crippen molar-refractivity contribution in [2.75, 3.05) is 19.0 Å². The predicted octanol–water partition coefficient (Wildman–Crippen LogP) is 3.26. The summed E-state index contributed by atoms with van der Waals surface area (Å²) in [5.74, 6) is 1.83. The Balaban J connectivity index is 2.07. The summed E-state index contributed by atoms with van der Waals surface area (Å²) in [6.07, 6.45) is 6.24. The van der Waals surface area contributed by atoms with Crippen LogP contribution in [0.25, 0.3) is 0 Å². The van der Waals surface area contributed by atoms with E-state index in [0.717, 1.165) is 19.4 Å². The molecule has 5 heteroatoms. The van der Waals surface area contributed by atoms with Crippen LogP contribution in [0.4, 0.5) is 5.82 Å². The zero-order valence-corrected chi connectivity index (χ0v) is 12.9. The van der Waals surface area contributed by atoms with Crippen LogP contribution in [0.2, 0.25) is 0 Å². The van der Waals surface area contributed by atoms with Gasteiger partial charge in [0.15, 0.2) is 5.82 Å². The molecule has 0 unspecified atom stereocenters. The Kier molecular flexibility index (Phi) is 4.68. The summed E-state index contributed by atoms with van der Waals surface area (Å²) in [5.41, 5.74) is 0.435. The lowest BCUT2D eigenvalue weighted by Crippen LogP contribution is -2.28. The monoisotopic (exact) mass is 279 g/mol. The minimum Gasteiger partial charge on any atom is -0.489 e. The number of nitrogens with one attached hydrogen (secondary N) is 1. The van der Waals surface area contributed by atoms with Gasteiger partial charge in [-0.2, -0.15) is 4.98 Å². The maximum Gasteiger partial charge on any atom is 0.262 e. The molecule has 1 saturated carbocycles. The number of anilines is 1. The van der Waals surface area contributed by atoms with Crippen molar-refractivity contribution in [3.05, 3.63) is 6.33 Å². The fraction of sp³-hybridized carbons (Fsp3) is 0.733. The normalized spacial score (nSPS) is 18.6. The second-order valence-electron chi connectivity index (χ2n) is 6.07. The molecule has 1 aromatic rings. The van der Waals surface area contributed by atoms with Gasteiger partial charge in [0.05, 0.1) is 7.11 Å². The molecule has 0 saturated heterocycles. The van der Waals surface area contributed by atoms with Gasteiger partial charge in [0.2, 0.25) is 5.75 Å². The molecule has 1 aliphatic rings. The van der Waals surface area contributed by atoms with Crippen molar-refractivity contribution in [1.82, 2.24) is 9.97 Å². The van der Waals surface area contributed by atoms with Crippen molar-refractivity contribution >= 4 is 5.82 Å². The minimum atomic E-state index is 0.223. The van der Waals surface area contributed by atoms with E-state index in [-0.39, 0.29) is 6.10 Å². The third kappa shape index (κ3) is 3.52. The van der Waals surface area contributed by atoms with Gasteiger partial charge in [-0.1, -0.05) is 13.8 Å². The Hall–Kier alpha value is -1.52. The topological polar surface area (TPSA) is 56.3 Å². The Morgan fingerprint density at radius 3 is 2.60 bits per heavy atom. The van der Waals surface area contributed by atoms with E-state index in [0.29, 0.717) is 22.9 Å². The minimum absolute atomic E-state index is 0.223. The number of nitrogens with zero attached hydrogens (tertiary/aromatic N) is 2. The number of hydrogen-bond acceptors (Lipinski definition) is 5. The second kappa shape index (κ2) is 6.29. The van der Waals surface area contributed by atoms with Gasteiger partial charge < -0.3 is 14.8 Å². The van der Waals surface area contributed by atoms with Gasteiger partial charge in [-0.25, -0.2) is 4.98 Å². The van der Waals surface area contributed by atoms with Crippen molar-refractivity contribution in [3.63, 3.8) is 0 Å². The lowest BCUT2D eigenvalue weighted by molar-refractivity contribution is 0.0919. The Labute approximate surface area is 121 Å². The smallest absolute Gasteiger partial charge is 0.262 e. The zero-order chi connectivity index (χ0) is 14.6. The van der Waals surface area contributed by atoms with Gasteiger partial charge in [0.1, 0.15) is 12.4 Å². The fourth-order valence-electron chi connectivity index (χ4n) is 2.57. The molecule has 1 heterocycles. The van der Waals surface area contributed by atoms with E-state index < -0.39 is 0 Å². The van der Waals surface area contributed by atoms with Crippen LogP contribution < -0.4 is 14.8 Å². The molecule has 0 radical (unpaired) electrons. The van der Waals surface area contributed by atoms with Crippen LogP contribution in [0, 0.1) is 5.41 Å². The second-order valence-corrected chi connectivity index (χ2v) is 6.07. The standard InChI is InChI=1S/C15H25N3O2/c1-5-16-13-12(19-4)14(18-10-17-13)20-11-6-8-15(2,3)9-7-11/h10-11H,5-9H2,1-4H3,(H,16,17,18). The first-order chi connectivity index (χ1) is 9.55. The summed E-state index contributed by atoms with van der Waals surface area (Å²) in [5, 5.41) is 3.16. The van der Waals surface area contributed by atoms with Gasteiger partial charge >= 0.3 is 0 Å². The van der Waals surface area contributed by atoms with Crippen molar-refractivity contribution in [3.8, 4) is 11.6 Å². The number of rotatable bonds is 5. The van der Waals surface area contributed by atoms with Crippen LogP contribution in [0.5, 0.6) is 11.6 Å². The molecule has 1 aliphatic carbocycles. The maximum atomic E-state index is 6.04. The average Bonchev–Trinajstić information content (AvgIpc) is 2.42. The average molecular weight is 279 g/mol. The van der Waals surface area contributed by atoms with Crippen molar-refractivity contribution in [1.29, 1.82) is 0 Å². The quantitative estimate of drug-likeness (QED) is 0.896. The molecule has 0 atom stereocenters. The molecular formula is C15H25N3O2. The third-order valence-electron chi connectivity index (χ3n) is 3.88. The molecule has 20 heavy (non-hydrogen) atoms. The largest absolute Gasteiger partial charge is 0.489 e. The molecule has 1 fully saturated rings. The van der Waals surface area contributed by atoms with Crippen molar-refractivity contribution in [2.24, 2.45) is 5.41 Å². The van der Waals surface area contributed by atoms with Crippen LogP contribution >= 0.6 is 0 Å². The lowest BCUT2D eigenvalue weighted by Gasteiger charge is -2.34. The first kappa shape index (κ1) is 14.9. The van der Waals surface area contributed by atoms with Gasteiger partial charge in [0.25, 0.3) is 5.88 Å². The van der Waals surface area contributed by atoms with Gasteiger partial charge in [-0.15, -0.1) is 0 Å². The zero-order valence-electron chi connectivity index (χ0n) is 12.9. The Morgan fingerprint density at radius 2 is 2.00 bits per heavy atom. The van der Waals surface area contributed by atoms with Crippen LogP contribution in [0.3, 0.4) is 0 Å². The van der Waals surface area contributed by atoms with E-state index in [2.05, 4.69) is 29.1 Å². The fourth-order valence-corrected chi connectivity index (χ4v) is 2.57. The van der Waals surface area contributed by atoms with E-state index in [1.807, 2.05) is 6.92 Å². The molecule has 0 aromatic carbocycles. The molecule has 1 aromatic heterocycles. The highest BCUT2D eigenvalue weighted by Gasteiger charge is 2.29. The van der Waals surface area contributed by atoms with Crippen LogP contribution in [-0.4, -0.2) is 29.7 Å². The first-order valence-corrected chi connectivity index (χ1v) is 7.35. The summed E-state index contributed by atoms with van der Waals surface area (Å²) in [6, 6.07) is 0. The molecule has 0 amide bonds. The summed E-state index contributed by atoms with van der Waals surface area (Å²) in [6.45, 7) is 7.44. The molecule has 5 nitrogen and oxygen atoms in total. The number of ether oxygens (including phenoxy) is 2. The number of aromatic nitrogens is 2. The van der Waals surface area contributed by atoms with E-state index in [1.165, 1.54) is 19.2 Å². The van der Waals surface area contributed by atoms with E-state index >= 15 is 0 Å². The number of hydrogen-bond donors (Lipinski definition) is 1. The molecule has 0 spiro atoms. The first-order valence-electron chi connectivity index (χ1n) is 7.35. The summed E-state index contributed by atoms with van der Waals surface area (Å²) >= 11 is 0. The van der Waals surface area contributed by atoms with Crippen molar-refractivity contribution in [2.45, 2.75) is 52.6 Å². The van der Waals surface area contributed by atoms with E-state index in [9.17, 15) is 0 Å².